The molecule has 0 saturated carbocycles. The van der Waals surface area contributed by atoms with Crippen LogP contribution < -0.4 is 5.73 Å². The number of imidazole rings is 1. The van der Waals surface area contributed by atoms with E-state index >= 15 is 0 Å². The number of aliphatic hydroxyl groups is 1. The Kier molecular flexibility index (Phi) is 18.7. The topological polar surface area (TPSA) is 152 Å². The van der Waals surface area contributed by atoms with Crippen LogP contribution in [0.5, 0.6) is 0 Å². The first-order valence-electron chi connectivity index (χ1n) is 18.6. The van der Waals surface area contributed by atoms with Crippen molar-refractivity contribution in [2.45, 2.75) is 180 Å². The predicted octanol–water partition coefficient (Wildman–Crippen LogP) is 7.74. The average molecular weight is 660 g/mol. The second kappa shape index (κ2) is 22.7. The summed E-state index contributed by atoms with van der Waals surface area (Å²) < 4.78 is 19.1. The van der Waals surface area contributed by atoms with E-state index in [0.717, 1.165) is 38.5 Å². The van der Waals surface area contributed by atoms with Crippen LogP contribution in [0.3, 0.4) is 0 Å². The summed E-state index contributed by atoms with van der Waals surface area (Å²) in [5.41, 5.74) is 6.76. The maximum atomic E-state index is 12.9. The van der Waals surface area contributed by atoms with Crippen molar-refractivity contribution in [1.29, 1.82) is 0 Å². The standard InChI is InChI=1S/C36H61N5O6/c1-3-5-7-9-11-13-15-17-19-21-23-29(42)45-25-28-32(44)33(36(46-28)41-27-40-31-34(37)38-26-39-35(31)41)47-30(43)24-22-20-18-16-14-12-10-8-6-4-2/h26-28,32-33,36,44H,3-25H2,1-2H3,(H2,37,38,39)/t28-,32-,33-,36-/m1/s1. The van der Waals surface area contributed by atoms with E-state index in [1.165, 1.54) is 103 Å². The molecule has 3 rings (SSSR count). The Balaban J connectivity index is 1.45. The molecule has 0 amide bonds. The largest absolute Gasteiger partial charge is 0.463 e. The number of hydrogen-bond acceptors (Lipinski definition) is 10. The van der Waals surface area contributed by atoms with Gasteiger partial charge in [-0.25, -0.2) is 15.0 Å². The molecule has 11 nitrogen and oxygen atoms in total. The third-order valence-electron chi connectivity index (χ3n) is 9.12. The molecule has 1 fully saturated rings. The van der Waals surface area contributed by atoms with Crippen molar-refractivity contribution < 1.29 is 28.9 Å². The smallest absolute Gasteiger partial charge is 0.306 e. The summed E-state index contributed by atoms with van der Waals surface area (Å²) in [5.74, 6) is -0.523. The normalized spacial score (nSPS) is 19.4. The van der Waals surface area contributed by atoms with Gasteiger partial charge in [0.05, 0.1) is 6.33 Å². The lowest BCUT2D eigenvalue weighted by Gasteiger charge is -2.22. The number of esters is 2. The van der Waals surface area contributed by atoms with Crippen molar-refractivity contribution in [3.8, 4) is 0 Å². The monoisotopic (exact) mass is 659 g/mol. The Hall–Kier alpha value is -2.79. The van der Waals surface area contributed by atoms with Crippen LogP contribution in [0.25, 0.3) is 11.2 Å². The van der Waals surface area contributed by atoms with Gasteiger partial charge in [0, 0.05) is 12.8 Å². The number of aromatic nitrogens is 4. The number of carbonyl (C=O) groups excluding carboxylic acids is 2. The molecular weight excluding hydrogens is 598 g/mol. The van der Waals surface area contributed by atoms with Gasteiger partial charge in [0.25, 0.3) is 0 Å². The van der Waals surface area contributed by atoms with Gasteiger partial charge in [-0.1, -0.05) is 129 Å². The molecule has 0 aromatic carbocycles. The summed E-state index contributed by atoms with van der Waals surface area (Å²) in [6, 6.07) is 0. The third-order valence-corrected chi connectivity index (χ3v) is 9.12. The summed E-state index contributed by atoms with van der Waals surface area (Å²) in [4.78, 5) is 38.0. The van der Waals surface area contributed by atoms with Crippen molar-refractivity contribution in [3.63, 3.8) is 0 Å². The van der Waals surface area contributed by atoms with Crippen LogP contribution in [0.1, 0.15) is 161 Å². The molecule has 2 aromatic rings. The number of nitrogen functional groups attached to an aromatic ring is 1. The highest BCUT2D eigenvalue weighted by molar-refractivity contribution is 5.81. The molecule has 3 heterocycles. The maximum absolute atomic E-state index is 12.9. The highest BCUT2D eigenvalue weighted by Crippen LogP contribution is 2.34. The Morgan fingerprint density at radius 3 is 1.83 bits per heavy atom. The number of rotatable bonds is 26. The zero-order valence-corrected chi connectivity index (χ0v) is 29.1. The van der Waals surface area contributed by atoms with Gasteiger partial charge in [-0.15, -0.1) is 0 Å². The van der Waals surface area contributed by atoms with Crippen molar-refractivity contribution >= 4 is 28.9 Å². The van der Waals surface area contributed by atoms with E-state index in [4.69, 9.17) is 19.9 Å². The van der Waals surface area contributed by atoms with Crippen LogP contribution in [-0.2, 0) is 23.8 Å². The fourth-order valence-electron chi connectivity index (χ4n) is 6.23. The number of anilines is 1. The fraction of sp³-hybridized carbons (Fsp3) is 0.806. The number of nitrogens with zero attached hydrogens (tertiary/aromatic N) is 4. The van der Waals surface area contributed by atoms with Crippen LogP contribution in [-0.4, -0.2) is 61.5 Å². The summed E-state index contributed by atoms with van der Waals surface area (Å²) in [6.07, 6.45) is 22.8. The maximum Gasteiger partial charge on any atom is 0.306 e. The van der Waals surface area contributed by atoms with Crippen LogP contribution in [0.15, 0.2) is 12.7 Å². The van der Waals surface area contributed by atoms with Gasteiger partial charge in [-0.05, 0) is 12.8 Å². The van der Waals surface area contributed by atoms with Gasteiger partial charge < -0.3 is 25.1 Å². The number of hydrogen-bond donors (Lipinski definition) is 2. The molecule has 0 radical (unpaired) electrons. The zero-order valence-electron chi connectivity index (χ0n) is 29.1. The van der Waals surface area contributed by atoms with Gasteiger partial charge >= 0.3 is 11.9 Å². The number of unbranched alkanes of at least 4 members (excludes halogenated alkanes) is 18. The number of carbonyl (C=O) groups is 2. The minimum atomic E-state index is -1.21. The lowest BCUT2D eigenvalue weighted by atomic mass is 10.1. The van der Waals surface area contributed by atoms with E-state index < -0.39 is 30.5 Å². The molecular formula is C36H61N5O6. The molecule has 0 unspecified atom stereocenters. The zero-order chi connectivity index (χ0) is 33.7. The summed E-state index contributed by atoms with van der Waals surface area (Å²) in [7, 11) is 0. The van der Waals surface area contributed by atoms with Crippen molar-refractivity contribution in [3.05, 3.63) is 12.7 Å². The molecule has 0 aliphatic carbocycles. The van der Waals surface area contributed by atoms with E-state index in [9.17, 15) is 14.7 Å². The van der Waals surface area contributed by atoms with Crippen molar-refractivity contribution in [2.24, 2.45) is 0 Å². The summed E-state index contributed by atoms with van der Waals surface area (Å²) in [6.45, 7) is 4.31. The molecule has 47 heavy (non-hydrogen) atoms. The van der Waals surface area contributed by atoms with Crippen LogP contribution in [0.4, 0.5) is 5.82 Å². The van der Waals surface area contributed by atoms with E-state index in [2.05, 4.69) is 28.8 Å². The van der Waals surface area contributed by atoms with E-state index in [1.807, 2.05) is 0 Å². The second-order valence-corrected chi connectivity index (χ2v) is 13.1. The van der Waals surface area contributed by atoms with Gasteiger partial charge in [-0.2, -0.15) is 0 Å². The van der Waals surface area contributed by atoms with Crippen LogP contribution >= 0.6 is 0 Å². The average Bonchev–Trinajstić information content (AvgIpc) is 3.63. The first kappa shape index (κ1) is 38.7. The van der Waals surface area contributed by atoms with E-state index in [-0.39, 0.29) is 24.8 Å². The second-order valence-electron chi connectivity index (χ2n) is 13.1. The minimum absolute atomic E-state index is 0.148. The van der Waals surface area contributed by atoms with Crippen molar-refractivity contribution in [2.75, 3.05) is 12.3 Å². The van der Waals surface area contributed by atoms with Gasteiger partial charge in [-0.3, -0.25) is 14.2 Å². The quantitative estimate of drug-likeness (QED) is 0.0757. The third kappa shape index (κ3) is 13.7. The Bertz CT molecular complexity index is 1160. The Morgan fingerprint density at radius 1 is 0.766 bits per heavy atom. The van der Waals surface area contributed by atoms with Gasteiger partial charge in [0.15, 0.2) is 23.8 Å². The molecule has 11 heteroatoms. The predicted molar refractivity (Wildman–Crippen MR) is 183 cm³/mol. The molecule has 0 spiro atoms. The molecule has 1 aliphatic heterocycles. The SMILES string of the molecule is CCCCCCCCCCCCC(=O)OC[C@H]1O[C@@H](n2cnc3c(N)ncnc32)[C@H](OC(=O)CCCCCCCCCCCC)[C@@H]1O. The highest BCUT2D eigenvalue weighted by atomic mass is 16.6. The minimum Gasteiger partial charge on any atom is -0.463 e. The molecule has 1 saturated heterocycles. The van der Waals surface area contributed by atoms with E-state index in [0.29, 0.717) is 17.6 Å². The summed E-state index contributed by atoms with van der Waals surface area (Å²) >= 11 is 0. The molecule has 0 bridgehead atoms. The Morgan fingerprint density at radius 2 is 1.28 bits per heavy atom. The first-order valence-corrected chi connectivity index (χ1v) is 18.6. The fourth-order valence-corrected chi connectivity index (χ4v) is 6.23. The van der Waals surface area contributed by atoms with E-state index in [1.54, 1.807) is 4.57 Å². The van der Waals surface area contributed by atoms with Gasteiger partial charge in [0.2, 0.25) is 0 Å². The molecule has 266 valence electrons. The lowest BCUT2D eigenvalue weighted by Crippen LogP contribution is -2.37. The number of aliphatic hydroxyl groups excluding tert-OH is 1. The van der Waals surface area contributed by atoms with Crippen LogP contribution in [0, 0.1) is 0 Å². The highest BCUT2D eigenvalue weighted by Gasteiger charge is 2.48. The number of nitrogens with two attached hydrogens (primary N) is 1. The number of ether oxygens (including phenoxy) is 3. The molecule has 2 aromatic heterocycles. The van der Waals surface area contributed by atoms with Crippen molar-refractivity contribution in [1.82, 2.24) is 19.5 Å². The first-order chi connectivity index (χ1) is 23.0. The Labute approximate surface area is 281 Å². The van der Waals surface area contributed by atoms with Gasteiger partial charge in [0.1, 0.15) is 30.7 Å². The molecule has 4 atom stereocenters. The molecule has 3 N–H and O–H groups in total. The van der Waals surface area contributed by atoms with Crippen LogP contribution in [0.2, 0.25) is 0 Å². The summed E-state index contributed by atoms with van der Waals surface area (Å²) in [5, 5.41) is 11.2. The molecule has 1 aliphatic rings. The lowest BCUT2D eigenvalue weighted by molar-refractivity contribution is -0.158. The number of fused-ring (bicyclic) bond motifs is 1.